The quantitative estimate of drug-likeness (QED) is 0.711. The SMILES string of the molecule is C=C(OC)C(N)Cc1ccc(O)cc1. The van der Waals surface area contributed by atoms with Crippen molar-refractivity contribution in [3.8, 4) is 5.75 Å². The van der Waals surface area contributed by atoms with E-state index in [-0.39, 0.29) is 11.8 Å². The third-order valence-corrected chi connectivity index (χ3v) is 2.07. The van der Waals surface area contributed by atoms with E-state index >= 15 is 0 Å². The third-order valence-electron chi connectivity index (χ3n) is 2.07. The van der Waals surface area contributed by atoms with E-state index in [0.717, 1.165) is 5.56 Å². The van der Waals surface area contributed by atoms with Crippen LogP contribution in [0.3, 0.4) is 0 Å². The second kappa shape index (κ2) is 4.67. The van der Waals surface area contributed by atoms with Crippen LogP contribution < -0.4 is 5.73 Å². The van der Waals surface area contributed by atoms with Gasteiger partial charge in [-0.3, -0.25) is 0 Å². The average Bonchev–Trinajstić information content (AvgIpc) is 2.20. The number of hydrogen-bond donors (Lipinski definition) is 2. The molecule has 0 bridgehead atoms. The molecule has 0 aromatic heterocycles. The van der Waals surface area contributed by atoms with E-state index in [9.17, 15) is 0 Å². The van der Waals surface area contributed by atoms with Crippen molar-refractivity contribution in [3.05, 3.63) is 42.2 Å². The summed E-state index contributed by atoms with van der Waals surface area (Å²) in [4.78, 5) is 0. The van der Waals surface area contributed by atoms with Crippen LogP contribution in [0.5, 0.6) is 5.75 Å². The van der Waals surface area contributed by atoms with Crippen LogP contribution in [0, 0.1) is 0 Å². The summed E-state index contributed by atoms with van der Waals surface area (Å²) in [7, 11) is 1.55. The van der Waals surface area contributed by atoms with Gasteiger partial charge in [-0.25, -0.2) is 0 Å². The summed E-state index contributed by atoms with van der Waals surface area (Å²) >= 11 is 0. The molecule has 0 saturated heterocycles. The van der Waals surface area contributed by atoms with E-state index in [2.05, 4.69) is 6.58 Å². The maximum atomic E-state index is 9.07. The van der Waals surface area contributed by atoms with E-state index in [0.29, 0.717) is 12.2 Å². The second-order valence-corrected chi connectivity index (χ2v) is 3.15. The molecule has 0 amide bonds. The predicted molar refractivity (Wildman–Crippen MR) is 55.9 cm³/mol. The first-order chi connectivity index (χ1) is 6.63. The van der Waals surface area contributed by atoms with Crippen LogP contribution in [-0.2, 0) is 11.2 Å². The minimum absolute atomic E-state index is 0.204. The van der Waals surface area contributed by atoms with Crippen molar-refractivity contribution in [3.63, 3.8) is 0 Å². The fraction of sp³-hybridized carbons (Fsp3) is 0.273. The standard InChI is InChI=1S/C11H15NO2/c1-8(14-2)11(12)7-9-3-5-10(13)6-4-9/h3-6,11,13H,1,7,12H2,2H3. The molecular weight excluding hydrogens is 178 g/mol. The van der Waals surface area contributed by atoms with Crippen LogP contribution >= 0.6 is 0 Å². The molecule has 1 aromatic rings. The molecule has 1 unspecified atom stereocenters. The van der Waals surface area contributed by atoms with Crippen molar-refractivity contribution < 1.29 is 9.84 Å². The summed E-state index contributed by atoms with van der Waals surface area (Å²) in [6, 6.07) is 6.73. The highest BCUT2D eigenvalue weighted by molar-refractivity contribution is 5.27. The zero-order chi connectivity index (χ0) is 10.6. The number of hydrogen-bond acceptors (Lipinski definition) is 3. The van der Waals surface area contributed by atoms with Crippen LogP contribution in [0.15, 0.2) is 36.6 Å². The highest BCUT2D eigenvalue weighted by Gasteiger charge is 2.07. The van der Waals surface area contributed by atoms with Crippen molar-refractivity contribution in [2.24, 2.45) is 5.73 Å². The van der Waals surface area contributed by atoms with E-state index in [1.165, 1.54) is 0 Å². The van der Waals surface area contributed by atoms with Gasteiger partial charge in [0.1, 0.15) is 11.5 Å². The highest BCUT2D eigenvalue weighted by atomic mass is 16.5. The predicted octanol–water partition coefficient (Wildman–Crippen LogP) is 1.42. The fourth-order valence-corrected chi connectivity index (χ4v) is 1.15. The van der Waals surface area contributed by atoms with Crippen LogP contribution in [0.4, 0.5) is 0 Å². The van der Waals surface area contributed by atoms with Gasteiger partial charge in [-0.1, -0.05) is 18.7 Å². The molecule has 1 aromatic carbocycles. The Bertz CT molecular complexity index is 306. The molecule has 1 rings (SSSR count). The van der Waals surface area contributed by atoms with E-state index in [1.54, 1.807) is 19.2 Å². The molecule has 0 fully saturated rings. The number of nitrogens with two attached hydrogens (primary N) is 1. The Morgan fingerprint density at radius 1 is 1.50 bits per heavy atom. The van der Waals surface area contributed by atoms with Gasteiger partial charge in [-0.2, -0.15) is 0 Å². The topological polar surface area (TPSA) is 55.5 Å². The van der Waals surface area contributed by atoms with Gasteiger partial charge in [0, 0.05) is 0 Å². The van der Waals surface area contributed by atoms with Gasteiger partial charge in [0.25, 0.3) is 0 Å². The van der Waals surface area contributed by atoms with Crippen LogP contribution in [0.2, 0.25) is 0 Å². The number of phenols is 1. The van der Waals surface area contributed by atoms with Crippen LogP contribution in [0.1, 0.15) is 5.56 Å². The van der Waals surface area contributed by atoms with E-state index in [4.69, 9.17) is 15.6 Å². The van der Waals surface area contributed by atoms with Crippen molar-refractivity contribution in [2.75, 3.05) is 7.11 Å². The molecule has 3 N–H and O–H groups in total. The number of aromatic hydroxyl groups is 1. The van der Waals surface area contributed by atoms with Crippen LogP contribution in [-0.4, -0.2) is 18.3 Å². The van der Waals surface area contributed by atoms with Crippen molar-refractivity contribution >= 4 is 0 Å². The van der Waals surface area contributed by atoms with Gasteiger partial charge in [0.15, 0.2) is 0 Å². The Hall–Kier alpha value is -1.48. The Balaban J connectivity index is 2.60. The minimum Gasteiger partial charge on any atom is -0.508 e. The molecule has 0 aliphatic heterocycles. The molecule has 0 aliphatic rings. The van der Waals surface area contributed by atoms with Gasteiger partial charge in [-0.15, -0.1) is 0 Å². The van der Waals surface area contributed by atoms with Gasteiger partial charge < -0.3 is 15.6 Å². The molecule has 3 heteroatoms. The molecule has 0 aliphatic carbocycles. The average molecular weight is 193 g/mol. The van der Waals surface area contributed by atoms with Crippen molar-refractivity contribution in [1.29, 1.82) is 0 Å². The molecule has 0 heterocycles. The lowest BCUT2D eigenvalue weighted by atomic mass is 10.1. The molecule has 0 spiro atoms. The summed E-state index contributed by atoms with van der Waals surface area (Å²) in [5.41, 5.74) is 6.86. The Morgan fingerprint density at radius 3 is 2.57 bits per heavy atom. The molecule has 0 saturated carbocycles. The highest BCUT2D eigenvalue weighted by Crippen LogP contribution is 2.12. The number of methoxy groups -OCH3 is 1. The Morgan fingerprint density at radius 2 is 2.07 bits per heavy atom. The largest absolute Gasteiger partial charge is 0.508 e. The lowest BCUT2D eigenvalue weighted by Gasteiger charge is -2.13. The number of rotatable bonds is 4. The number of benzene rings is 1. The zero-order valence-corrected chi connectivity index (χ0v) is 8.23. The van der Waals surface area contributed by atoms with E-state index in [1.807, 2.05) is 12.1 Å². The monoisotopic (exact) mass is 193 g/mol. The molecule has 0 radical (unpaired) electrons. The normalized spacial score (nSPS) is 12.1. The number of ether oxygens (including phenoxy) is 1. The maximum Gasteiger partial charge on any atom is 0.115 e. The summed E-state index contributed by atoms with van der Waals surface area (Å²) in [6.45, 7) is 3.69. The summed E-state index contributed by atoms with van der Waals surface area (Å²) in [6.07, 6.45) is 0.660. The summed E-state index contributed by atoms with van der Waals surface area (Å²) in [5.74, 6) is 0.825. The minimum atomic E-state index is -0.204. The van der Waals surface area contributed by atoms with Crippen molar-refractivity contribution in [1.82, 2.24) is 0 Å². The fourth-order valence-electron chi connectivity index (χ4n) is 1.15. The summed E-state index contributed by atoms with van der Waals surface area (Å²) in [5, 5.41) is 9.07. The van der Waals surface area contributed by atoms with Gasteiger partial charge in [0.05, 0.1) is 13.2 Å². The molecule has 3 nitrogen and oxygen atoms in total. The molecule has 76 valence electrons. The van der Waals surface area contributed by atoms with E-state index < -0.39 is 0 Å². The van der Waals surface area contributed by atoms with Gasteiger partial charge >= 0.3 is 0 Å². The molecule has 14 heavy (non-hydrogen) atoms. The Kier molecular flexibility index (Phi) is 3.54. The Labute approximate surface area is 83.8 Å². The molecular formula is C11H15NO2. The molecule has 1 atom stereocenters. The van der Waals surface area contributed by atoms with Gasteiger partial charge in [0.2, 0.25) is 0 Å². The zero-order valence-electron chi connectivity index (χ0n) is 8.23. The summed E-state index contributed by atoms with van der Waals surface area (Å²) < 4.78 is 4.94. The third kappa shape index (κ3) is 2.78. The number of phenolic OH excluding ortho intramolecular Hbond substituents is 1. The lowest BCUT2D eigenvalue weighted by Crippen LogP contribution is -2.25. The van der Waals surface area contributed by atoms with Gasteiger partial charge in [-0.05, 0) is 24.1 Å². The van der Waals surface area contributed by atoms with Crippen molar-refractivity contribution in [2.45, 2.75) is 12.5 Å². The smallest absolute Gasteiger partial charge is 0.115 e. The first-order valence-electron chi connectivity index (χ1n) is 4.39. The lowest BCUT2D eigenvalue weighted by molar-refractivity contribution is 0.266. The maximum absolute atomic E-state index is 9.07. The first kappa shape index (κ1) is 10.6. The van der Waals surface area contributed by atoms with Crippen LogP contribution in [0.25, 0.3) is 0 Å². The second-order valence-electron chi connectivity index (χ2n) is 3.15. The first-order valence-corrected chi connectivity index (χ1v) is 4.39.